The van der Waals surface area contributed by atoms with E-state index < -0.39 is 31.0 Å². The SMILES string of the molecule is Cc1ccc(-c2cccc3c2C=C(c2ccccc2)[CH]3[Hf]([c]2cccc3c2[SiH2]c2ccccc2-3)[CH]2C(c3ccccc3)=Cc3c(-c4ccc(C)c(C)c4C)cccc32)c(C)c1C. The van der Waals surface area contributed by atoms with E-state index in [0.29, 0.717) is 7.35 Å². The van der Waals surface area contributed by atoms with E-state index in [4.69, 9.17) is 0 Å². The average Bonchev–Trinajstić information content (AvgIpc) is 4.01. The van der Waals surface area contributed by atoms with Crippen molar-refractivity contribution in [3.63, 3.8) is 0 Å². The van der Waals surface area contributed by atoms with Crippen LogP contribution < -0.4 is 13.7 Å². The van der Waals surface area contributed by atoms with E-state index in [1.54, 1.807) is 13.7 Å². The molecule has 2 aliphatic carbocycles. The molecule has 62 heavy (non-hydrogen) atoms. The first-order valence-corrected chi connectivity index (χ1v) is 29.7. The zero-order chi connectivity index (χ0) is 42.2. The summed E-state index contributed by atoms with van der Waals surface area (Å²) in [6.45, 7) is 13.7. The summed E-state index contributed by atoms with van der Waals surface area (Å²) in [6.07, 6.45) is 5.27. The van der Waals surface area contributed by atoms with Crippen molar-refractivity contribution in [2.24, 2.45) is 0 Å². The minimum atomic E-state index is -3.42. The van der Waals surface area contributed by atoms with Gasteiger partial charge in [0.15, 0.2) is 0 Å². The van der Waals surface area contributed by atoms with Crippen LogP contribution in [0.5, 0.6) is 0 Å². The van der Waals surface area contributed by atoms with Crippen molar-refractivity contribution in [1.29, 1.82) is 0 Å². The van der Waals surface area contributed by atoms with Gasteiger partial charge in [-0.2, -0.15) is 0 Å². The number of aryl methyl sites for hydroxylation is 2. The third-order valence-corrected chi connectivity index (χ3v) is 31.1. The number of fused-ring (bicyclic) bond motifs is 5. The van der Waals surface area contributed by atoms with Crippen LogP contribution in [0.1, 0.15) is 74.1 Å². The molecule has 0 fully saturated rings. The Morgan fingerprint density at radius 1 is 0.371 bits per heavy atom. The summed E-state index contributed by atoms with van der Waals surface area (Å²) in [5.74, 6) is 0. The van der Waals surface area contributed by atoms with Gasteiger partial charge in [-0.15, -0.1) is 0 Å². The van der Waals surface area contributed by atoms with Gasteiger partial charge in [-0.1, -0.05) is 0 Å². The standard InChI is InChI=1S/2C24H21.C12H9Si.Hf/c2*1-16-12-13-22(18(3)17(16)2)23-11-7-10-20-14-21(15-24(20)23)19-8-5-4-6-9-19;1-3-7-11-9(5-1)10-6-2-4-8-12(10)13-11;/h2*4-15H,1-3H3;1-7H,13H2;. The summed E-state index contributed by atoms with van der Waals surface area (Å²) < 4.78 is 2.35. The number of hydrogen-bond donors (Lipinski definition) is 0. The van der Waals surface area contributed by atoms with Crippen molar-refractivity contribution in [3.05, 3.63) is 231 Å². The third kappa shape index (κ3) is 6.24. The topological polar surface area (TPSA) is 0 Å². The van der Waals surface area contributed by atoms with E-state index in [2.05, 4.69) is 217 Å². The molecule has 0 radical (unpaired) electrons. The summed E-state index contributed by atoms with van der Waals surface area (Å²) in [6, 6.07) is 63.6. The monoisotopic (exact) mass is 979 g/mol. The Hall–Kier alpha value is -5.67. The molecule has 2 heteroatoms. The summed E-state index contributed by atoms with van der Waals surface area (Å²) in [7, 11) is -0.709. The van der Waals surface area contributed by atoms with Crippen LogP contribution in [0, 0.1) is 41.5 Å². The van der Waals surface area contributed by atoms with E-state index in [0.717, 1.165) is 0 Å². The second-order valence-corrected chi connectivity index (χ2v) is 29.1. The molecule has 1 heterocycles. The fourth-order valence-corrected chi connectivity index (χ4v) is 30.3. The molecule has 8 aromatic rings. The Balaban J connectivity index is 1.22. The molecule has 0 aromatic heterocycles. The molecule has 0 amide bonds. The fourth-order valence-electron chi connectivity index (χ4n) is 11.1. The number of rotatable bonds is 7. The Labute approximate surface area is 378 Å². The van der Waals surface area contributed by atoms with Crippen molar-refractivity contribution in [1.82, 2.24) is 0 Å². The Morgan fingerprint density at radius 2 is 0.823 bits per heavy atom. The summed E-state index contributed by atoms with van der Waals surface area (Å²) >= 11 is -3.42. The van der Waals surface area contributed by atoms with Gasteiger partial charge in [0.2, 0.25) is 0 Å². The molecule has 1 aliphatic heterocycles. The molecule has 0 nitrogen and oxygen atoms in total. The third-order valence-electron chi connectivity index (χ3n) is 14.8. The van der Waals surface area contributed by atoms with E-state index in [-0.39, 0.29) is 0 Å². The van der Waals surface area contributed by atoms with Gasteiger partial charge < -0.3 is 0 Å². The van der Waals surface area contributed by atoms with E-state index in [1.165, 1.54) is 111 Å². The van der Waals surface area contributed by atoms with Gasteiger partial charge >= 0.3 is 381 Å². The molecule has 0 saturated heterocycles. The van der Waals surface area contributed by atoms with Crippen molar-refractivity contribution < 1.29 is 21.4 Å². The van der Waals surface area contributed by atoms with Crippen molar-refractivity contribution in [2.75, 3.05) is 0 Å². The molecule has 3 aliphatic rings. The minimum absolute atomic E-state index is 0.309. The molecular weight excluding hydrogens is 927 g/mol. The zero-order valence-corrected chi connectivity index (χ0v) is 41.6. The molecule has 0 bridgehead atoms. The summed E-state index contributed by atoms with van der Waals surface area (Å²) in [5, 5.41) is 3.30. The van der Waals surface area contributed by atoms with Gasteiger partial charge in [0.1, 0.15) is 0 Å². The fraction of sp³-hybridized carbons (Fsp3) is 0.133. The van der Waals surface area contributed by atoms with Crippen molar-refractivity contribution >= 4 is 46.5 Å². The Kier molecular flexibility index (Phi) is 9.86. The molecule has 8 aromatic carbocycles. The predicted octanol–water partition coefficient (Wildman–Crippen LogP) is 12.8. The molecule has 2 atom stereocenters. The normalized spacial score (nSPS) is 16.1. The van der Waals surface area contributed by atoms with Gasteiger partial charge in [-0.25, -0.2) is 0 Å². The van der Waals surface area contributed by atoms with Crippen molar-refractivity contribution in [3.8, 4) is 33.4 Å². The predicted molar refractivity (Wildman–Crippen MR) is 266 cm³/mol. The quantitative estimate of drug-likeness (QED) is 0.140. The van der Waals surface area contributed by atoms with Crippen LogP contribution in [0.3, 0.4) is 0 Å². The Morgan fingerprint density at radius 3 is 1.35 bits per heavy atom. The van der Waals surface area contributed by atoms with Crippen molar-refractivity contribution in [2.45, 2.75) is 48.9 Å². The van der Waals surface area contributed by atoms with Gasteiger partial charge in [0, 0.05) is 0 Å². The first-order valence-electron chi connectivity index (χ1n) is 22.3. The van der Waals surface area contributed by atoms with E-state index >= 15 is 0 Å². The van der Waals surface area contributed by atoms with Gasteiger partial charge in [-0.05, 0) is 0 Å². The number of hydrogen-bond acceptors (Lipinski definition) is 0. The second-order valence-electron chi connectivity index (χ2n) is 17.9. The first kappa shape index (κ1) is 39.2. The van der Waals surface area contributed by atoms with Crippen LogP contribution in [0.15, 0.2) is 164 Å². The van der Waals surface area contributed by atoms with E-state index in [1.807, 2.05) is 0 Å². The van der Waals surface area contributed by atoms with Crippen LogP contribution in [0.2, 0.25) is 0 Å². The Bertz CT molecular complexity index is 3000. The summed E-state index contributed by atoms with van der Waals surface area (Å²) in [4.78, 5) is 0. The van der Waals surface area contributed by atoms with E-state index in [9.17, 15) is 0 Å². The van der Waals surface area contributed by atoms with Crippen LogP contribution in [-0.4, -0.2) is 9.52 Å². The second kappa shape index (κ2) is 15.6. The summed E-state index contributed by atoms with van der Waals surface area (Å²) in [5.41, 5.74) is 28.3. The maximum absolute atomic E-state index is 3.42. The zero-order valence-electron chi connectivity index (χ0n) is 36.6. The van der Waals surface area contributed by atoms with Crippen LogP contribution in [0.25, 0.3) is 56.7 Å². The van der Waals surface area contributed by atoms with Gasteiger partial charge in [0.05, 0.1) is 0 Å². The van der Waals surface area contributed by atoms with Crippen LogP contribution >= 0.6 is 0 Å². The van der Waals surface area contributed by atoms with Crippen LogP contribution in [0.4, 0.5) is 0 Å². The van der Waals surface area contributed by atoms with Gasteiger partial charge in [0.25, 0.3) is 0 Å². The molecule has 0 saturated carbocycles. The molecule has 299 valence electrons. The maximum atomic E-state index is 2.63. The molecule has 0 spiro atoms. The average molecular weight is 979 g/mol. The molecular formula is C60H51HfSi. The molecule has 11 rings (SSSR count). The number of allylic oxidation sites excluding steroid dienone is 2. The van der Waals surface area contributed by atoms with Gasteiger partial charge in [-0.3, -0.25) is 0 Å². The first-order chi connectivity index (χ1) is 30.3. The number of benzene rings is 8. The molecule has 0 N–H and O–H groups in total. The van der Waals surface area contributed by atoms with Crippen LogP contribution in [-0.2, 0) is 21.4 Å². The molecule has 2 unspecified atom stereocenters.